The summed E-state index contributed by atoms with van der Waals surface area (Å²) < 4.78 is 49.6. The van der Waals surface area contributed by atoms with Crippen molar-refractivity contribution >= 4 is 0 Å². The molecule has 0 radical (unpaired) electrons. The summed E-state index contributed by atoms with van der Waals surface area (Å²) >= 11 is 0. The van der Waals surface area contributed by atoms with Crippen molar-refractivity contribution in [1.82, 2.24) is 0 Å². The van der Waals surface area contributed by atoms with Crippen molar-refractivity contribution in [2.75, 3.05) is 33.5 Å². The maximum atomic E-state index is 11.1. The fourth-order valence-corrected chi connectivity index (χ4v) is 6.42. The van der Waals surface area contributed by atoms with Crippen LogP contribution in [-0.2, 0) is 33.2 Å². The number of ether oxygens (including phenoxy) is 9. The summed E-state index contributed by atoms with van der Waals surface area (Å²) in [7, 11) is 1.47. The molecule has 4 saturated heterocycles. The molecule has 13 N–H and O–H groups in total. The van der Waals surface area contributed by atoms with E-state index in [1.807, 2.05) is 0 Å². The summed E-state index contributed by atoms with van der Waals surface area (Å²) in [5.41, 5.74) is 0. The van der Waals surface area contributed by atoms with Crippen LogP contribution in [0.2, 0.25) is 0 Å². The Morgan fingerprint density at radius 2 is 0.736 bits per heavy atom. The van der Waals surface area contributed by atoms with Crippen LogP contribution in [0.4, 0.5) is 0 Å². The van der Waals surface area contributed by atoms with E-state index in [-0.39, 0.29) is 5.75 Å². The van der Waals surface area contributed by atoms with Gasteiger partial charge in [-0.15, -0.1) is 0 Å². The van der Waals surface area contributed by atoms with Crippen molar-refractivity contribution in [3.05, 3.63) is 24.3 Å². The van der Waals surface area contributed by atoms with Crippen LogP contribution in [-0.4, -0.2) is 223 Å². The van der Waals surface area contributed by atoms with E-state index < -0.39 is 149 Å². The average molecular weight is 773 g/mol. The highest BCUT2D eigenvalue weighted by Gasteiger charge is 2.55. The van der Waals surface area contributed by atoms with E-state index >= 15 is 0 Å². The molecule has 4 fully saturated rings. The topological polar surface area (TPSA) is 346 Å². The van der Waals surface area contributed by atoms with Gasteiger partial charge in [0.25, 0.3) is 0 Å². The third-order valence-electron chi connectivity index (χ3n) is 9.50. The molecule has 0 bridgehead atoms. The van der Waals surface area contributed by atoms with Gasteiger partial charge in [-0.3, -0.25) is 0 Å². The minimum absolute atomic E-state index is 0.228. The highest BCUT2D eigenvalue weighted by Crippen LogP contribution is 2.34. The SMILES string of the molecule is COc1ccc(O[C@@H]2O[C@H](CO)[C@H](O[C@@H]3O[C@H](CO)[C@H](O[C@@H]4O[C@H](CO)[C@H](O[C@@H]5O[C@H](CO)[C@H](O)[C@H](O)[C@H]5O)[C@H](O)[C@H]4O)[C@H](O)[C@H]3O)[C@H](O)[C@H]2O)cc1. The first-order valence-corrected chi connectivity index (χ1v) is 16.7. The second-order valence-corrected chi connectivity index (χ2v) is 12.9. The number of aliphatic hydroxyl groups is 13. The summed E-state index contributed by atoms with van der Waals surface area (Å²) in [5, 5.41) is 136. The lowest BCUT2D eigenvalue weighted by atomic mass is 9.95. The van der Waals surface area contributed by atoms with Gasteiger partial charge in [0.1, 0.15) is 109 Å². The highest BCUT2D eigenvalue weighted by molar-refractivity contribution is 5.31. The number of methoxy groups -OCH3 is 1. The van der Waals surface area contributed by atoms with Crippen LogP contribution >= 0.6 is 0 Å². The first kappa shape index (κ1) is 42.2. The van der Waals surface area contributed by atoms with Gasteiger partial charge >= 0.3 is 0 Å². The van der Waals surface area contributed by atoms with Crippen molar-refractivity contribution in [2.24, 2.45) is 0 Å². The van der Waals surface area contributed by atoms with E-state index in [0.717, 1.165) is 0 Å². The molecule has 4 aliphatic rings. The van der Waals surface area contributed by atoms with Crippen molar-refractivity contribution < 1.29 is 109 Å². The lowest BCUT2D eigenvalue weighted by Crippen LogP contribution is -2.67. The highest BCUT2D eigenvalue weighted by atomic mass is 16.8. The maximum absolute atomic E-state index is 11.1. The predicted octanol–water partition coefficient (Wildman–Crippen LogP) is -7.65. The van der Waals surface area contributed by atoms with Crippen LogP contribution in [0.1, 0.15) is 0 Å². The predicted molar refractivity (Wildman–Crippen MR) is 165 cm³/mol. The van der Waals surface area contributed by atoms with Crippen LogP contribution in [0.3, 0.4) is 0 Å². The number of benzene rings is 1. The first-order chi connectivity index (χ1) is 25.3. The zero-order valence-electron chi connectivity index (χ0n) is 28.2. The smallest absolute Gasteiger partial charge is 0.229 e. The van der Waals surface area contributed by atoms with E-state index in [2.05, 4.69) is 0 Å². The molecule has 0 spiro atoms. The third kappa shape index (κ3) is 8.87. The van der Waals surface area contributed by atoms with E-state index in [4.69, 9.17) is 42.6 Å². The lowest BCUT2D eigenvalue weighted by molar-refractivity contribution is -0.387. The molecule has 1 aromatic rings. The number of hydrogen-bond donors (Lipinski definition) is 13. The van der Waals surface area contributed by atoms with Crippen molar-refractivity contribution in [2.45, 2.75) is 123 Å². The minimum atomic E-state index is -2.03. The Kier molecular flexibility index (Phi) is 14.6. The van der Waals surface area contributed by atoms with Gasteiger partial charge in [-0.1, -0.05) is 0 Å². The van der Waals surface area contributed by atoms with Crippen LogP contribution in [0.25, 0.3) is 0 Å². The maximum Gasteiger partial charge on any atom is 0.229 e. The van der Waals surface area contributed by atoms with Gasteiger partial charge in [-0.05, 0) is 24.3 Å². The molecule has 4 heterocycles. The summed E-state index contributed by atoms with van der Waals surface area (Å²) in [4.78, 5) is 0. The standard InChI is InChI=1S/C31H48O22/c1-45-10-2-4-11(5-3-10)46-28-22(42)18(38)25(13(7-33)48-28)52-30-24(44)20(40)27(15(9-35)50-30)53-31-23(43)19(39)26(14(8-34)49-31)51-29-21(41)17(37)16(36)12(6-32)47-29/h2-5,12-44H,6-9H2,1H3/t12-,13-,14-,15-,16+,17+,18-,19-,20-,21-,22-,23-,24-,25+,26+,27+,28-,29+,30+,31+/m1/s1. The lowest BCUT2D eigenvalue weighted by Gasteiger charge is -2.49. The van der Waals surface area contributed by atoms with Crippen LogP contribution in [0, 0.1) is 0 Å². The van der Waals surface area contributed by atoms with E-state index in [1.54, 1.807) is 12.1 Å². The second kappa shape index (κ2) is 18.3. The molecule has 4 aliphatic heterocycles. The Hall–Kier alpha value is -1.98. The van der Waals surface area contributed by atoms with Crippen molar-refractivity contribution in [3.8, 4) is 11.5 Å². The van der Waals surface area contributed by atoms with Gasteiger partial charge in [0.05, 0.1) is 33.5 Å². The molecule has 22 heteroatoms. The second-order valence-electron chi connectivity index (χ2n) is 12.9. The van der Waals surface area contributed by atoms with E-state index in [9.17, 15) is 66.4 Å². The van der Waals surface area contributed by atoms with Crippen molar-refractivity contribution in [1.29, 1.82) is 0 Å². The number of aliphatic hydroxyl groups excluding tert-OH is 13. The van der Waals surface area contributed by atoms with Gasteiger partial charge in [-0.25, -0.2) is 0 Å². The molecule has 1 aromatic carbocycles. The summed E-state index contributed by atoms with van der Waals surface area (Å²) in [6.45, 7) is -3.36. The largest absolute Gasteiger partial charge is 0.497 e. The fourth-order valence-electron chi connectivity index (χ4n) is 6.42. The first-order valence-electron chi connectivity index (χ1n) is 16.7. The van der Waals surface area contributed by atoms with Gasteiger partial charge in [0.2, 0.25) is 6.29 Å². The van der Waals surface area contributed by atoms with Crippen LogP contribution in [0.15, 0.2) is 24.3 Å². The molecule has 5 rings (SSSR count). The van der Waals surface area contributed by atoms with Crippen LogP contribution in [0.5, 0.6) is 11.5 Å². The van der Waals surface area contributed by atoms with Gasteiger partial charge in [0, 0.05) is 0 Å². The molecular formula is C31H48O22. The van der Waals surface area contributed by atoms with Gasteiger partial charge < -0.3 is 109 Å². The molecule has 0 aliphatic carbocycles. The molecule has 0 amide bonds. The molecule has 0 saturated carbocycles. The molecule has 22 nitrogen and oxygen atoms in total. The summed E-state index contributed by atoms with van der Waals surface area (Å²) in [5.74, 6) is 0.750. The monoisotopic (exact) mass is 772 g/mol. The Labute approximate surface area is 301 Å². The zero-order chi connectivity index (χ0) is 38.7. The Morgan fingerprint density at radius 1 is 0.415 bits per heavy atom. The van der Waals surface area contributed by atoms with Gasteiger partial charge in [-0.2, -0.15) is 0 Å². The molecule has 0 unspecified atom stereocenters. The molecule has 304 valence electrons. The van der Waals surface area contributed by atoms with E-state index in [0.29, 0.717) is 5.75 Å². The number of rotatable bonds is 13. The molecular weight excluding hydrogens is 724 g/mol. The van der Waals surface area contributed by atoms with Gasteiger partial charge in [0.15, 0.2) is 18.9 Å². The Morgan fingerprint density at radius 3 is 1.11 bits per heavy atom. The fraction of sp³-hybridized carbons (Fsp3) is 0.806. The summed E-state index contributed by atoms with van der Waals surface area (Å²) in [6, 6.07) is 6.17. The molecule has 0 aromatic heterocycles. The quantitative estimate of drug-likeness (QED) is 0.0885. The molecule has 20 atom stereocenters. The minimum Gasteiger partial charge on any atom is -0.497 e. The summed E-state index contributed by atoms with van der Waals surface area (Å²) in [6.07, 6.45) is -34.8. The Balaban J connectivity index is 1.22. The normalized spacial score (nSPS) is 46.5. The van der Waals surface area contributed by atoms with E-state index in [1.165, 1.54) is 19.2 Å². The van der Waals surface area contributed by atoms with Crippen LogP contribution < -0.4 is 9.47 Å². The Bertz CT molecular complexity index is 1250. The molecule has 53 heavy (non-hydrogen) atoms. The number of hydrogen-bond acceptors (Lipinski definition) is 22. The zero-order valence-corrected chi connectivity index (χ0v) is 28.2. The third-order valence-corrected chi connectivity index (χ3v) is 9.50. The average Bonchev–Trinajstić information content (AvgIpc) is 3.16. The van der Waals surface area contributed by atoms with Crippen molar-refractivity contribution in [3.63, 3.8) is 0 Å².